The molecule has 0 saturated carbocycles. The van der Waals surface area contributed by atoms with Crippen LogP contribution in [0.15, 0.2) is 60.9 Å². The molecule has 1 N–H and O–H groups in total. The van der Waals surface area contributed by atoms with E-state index < -0.39 is 0 Å². The Balaban J connectivity index is 1.86. The molecule has 5 heteroatoms. The van der Waals surface area contributed by atoms with Gasteiger partial charge in [0.05, 0.1) is 11.4 Å². The fraction of sp³-hybridized carbons (Fsp3) is 0.0625. The average molecular weight is 318 g/mol. The molecular weight excluding hydrogens is 305 g/mol. The summed E-state index contributed by atoms with van der Waals surface area (Å²) in [5.41, 5.74) is 2.98. The summed E-state index contributed by atoms with van der Waals surface area (Å²) in [5.74, 6) is 0. The Hall–Kier alpha value is -1.97. The van der Waals surface area contributed by atoms with Gasteiger partial charge in [-0.05, 0) is 42.0 Å². The number of anilines is 1. The molecule has 1 aromatic heterocycles. The Morgan fingerprint density at radius 3 is 2.62 bits per heavy atom. The SMILES string of the molecule is Clc1cccc(CNc2cc(Cl)ccc2-n2cccn2)c1. The Morgan fingerprint density at radius 1 is 1.00 bits per heavy atom. The predicted molar refractivity (Wildman–Crippen MR) is 87.4 cm³/mol. The van der Waals surface area contributed by atoms with E-state index in [9.17, 15) is 0 Å². The molecule has 0 radical (unpaired) electrons. The van der Waals surface area contributed by atoms with E-state index in [1.165, 1.54) is 0 Å². The van der Waals surface area contributed by atoms with Crippen molar-refractivity contribution in [3.63, 3.8) is 0 Å². The second-order valence-corrected chi connectivity index (χ2v) is 5.47. The minimum Gasteiger partial charge on any atom is -0.379 e. The van der Waals surface area contributed by atoms with Gasteiger partial charge in [-0.1, -0.05) is 35.3 Å². The van der Waals surface area contributed by atoms with E-state index in [0.29, 0.717) is 11.6 Å². The molecule has 3 rings (SSSR count). The highest BCUT2D eigenvalue weighted by Gasteiger charge is 2.06. The summed E-state index contributed by atoms with van der Waals surface area (Å²) in [5, 5.41) is 9.05. The lowest BCUT2D eigenvalue weighted by molar-refractivity contribution is 0.879. The highest BCUT2D eigenvalue weighted by atomic mass is 35.5. The zero-order valence-corrected chi connectivity index (χ0v) is 12.6. The van der Waals surface area contributed by atoms with Crippen LogP contribution >= 0.6 is 23.2 Å². The van der Waals surface area contributed by atoms with Crippen LogP contribution in [0.25, 0.3) is 5.69 Å². The summed E-state index contributed by atoms with van der Waals surface area (Å²) in [6.45, 7) is 0.662. The molecule has 21 heavy (non-hydrogen) atoms. The Bertz CT molecular complexity index is 739. The molecule has 0 aliphatic rings. The van der Waals surface area contributed by atoms with Crippen molar-refractivity contribution in [2.75, 3.05) is 5.32 Å². The largest absolute Gasteiger partial charge is 0.379 e. The molecule has 0 saturated heterocycles. The van der Waals surface area contributed by atoms with E-state index in [2.05, 4.69) is 10.4 Å². The lowest BCUT2D eigenvalue weighted by Crippen LogP contribution is -2.05. The van der Waals surface area contributed by atoms with E-state index in [4.69, 9.17) is 23.2 Å². The van der Waals surface area contributed by atoms with Gasteiger partial charge in [-0.2, -0.15) is 5.10 Å². The number of hydrogen-bond donors (Lipinski definition) is 1. The zero-order valence-electron chi connectivity index (χ0n) is 11.1. The molecule has 2 aromatic carbocycles. The number of benzene rings is 2. The van der Waals surface area contributed by atoms with Gasteiger partial charge in [-0.3, -0.25) is 0 Å². The van der Waals surface area contributed by atoms with Crippen LogP contribution in [-0.2, 0) is 6.54 Å². The van der Waals surface area contributed by atoms with Crippen molar-refractivity contribution in [1.29, 1.82) is 0 Å². The van der Waals surface area contributed by atoms with Crippen molar-refractivity contribution < 1.29 is 0 Å². The van der Waals surface area contributed by atoms with Gasteiger partial charge in [-0.25, -0.2) is 4.68 Å². The van der Waals surface area contributed by atoms with Crippen molar-refractivity contribution in [3.05, 3.63) is 76.5 Å². The van der Waals surface area contributed by atoms with E-state index in [-0.39, 0.29) is 0 Å². The molecule has 0 amide bonds. The summed E-state index contributed by atoms with van der Waals surface area (Å²) in [6.07, 6.45) is 3.64. The molecule has 3 aromatic rings. The number of rotatable bonds is 4. The third kappa shape index (κ3) is 3.38. The molecule has 3 nitrogen and oxygen atoms in total. The highest BCUT2D eigenvalue weighted by molar-refractivity contribution is 6.31. The number of halogens is 2. The Morgan fingerprint density at radius 2 is 1.86 bits per heavy atom. The maximum absolute atomic E-state index is 6.09. The first-order valence-electron chi connectivity index (χ1n) is 6.50. The normalized spacial score (nSPS) is 10.6. The maximum Gasteiger partial charge on any atom is 0.0877 e. The third-order valence-electron chi connectivity index (χ3n) is 3.08. The Kier molecular flexibility index (Phi) is 4.13. The topological polar surface area (TPSA) is 29.9 Å². The minimum atomic E-state index is 0.662. The standard InChI is InChI=1S/C16H13Cl2N3/c17-13-4-1-3-12(9-13)11-19-15-10-14(18)5-6-16(15)21-8-2-7-20-21/h1-10,19H,11H2. The van der Waals surface area contributed by atoms with Gasteiger partial charge in [0, 0.05) is 29.0 Å². The van der Waals surface area contributed by atoms with Crippen LogP contribution < -0.4 is 5.32 Å². The fourth-order valence-electron chi connectivity index (χ4n) is 2.11. The summed E-state index contributed by atoms with van der Waals surface area (Å²) in [4.78, 5) is 0. The second-order valence-electron chi connectivity index (χ2n) is 4.60. The number of hydrogen-bond acceptors (Lipinski definition) is 2. The quantitative estimate of drug-likeness (QED) is 0.749. The predicted octanol–water partition coefficient (Wildman–Crippen LogP) is 4.79. The van der Waals surface area contributed by atoms with Gasteiger partial charge in [-0.15, -0.1) is 0 Å². The molecule has 0 fully saturated rings. The average Bonchev–Trinajstić information content (AvgIpc) is 2.99. The van der Waals surface area contributed by atoms with E-state index in [0.717, 1.165) is 22.0 Å². The van der Waals surface area contributed by atoms with Crippen LogP contribution in [0.5, 0.6) is 0 Å². The summed E-state index contributed by atoms with van der Waals surface area (Å²) >= 11 is 12.1. The molecular formula is C16H13Cl2N3. The van der Waals surface area contributed by atoms with E-state index in [1.54, 1.807) is 10.9 Å². The Labute approximate surface area is 133 Å². The fourth-order valence-corrected chi connectivity index (χ4v) is 2.49. The second kappa shape index (κ2) is 6.20. The van der Waals surface area contributed by atoms with Gasteiger partial charge in [0.15, 0.2) is 0 Å². The highest BCUT2D eigenvalue weighted by Crippen LogP contribution is 2.25. The maximum atomic E-state index is 6.09. The summed E-state index contributed by atoms with van der Waals surface area (Å²) < 4.78 is 1.80. The lowest BCUT2D eigenvalue weighted by Gasteiger charge is -2.13. The smallest absolute Gasteiger partial charge is 0.0877 e. The first-order chi connectivity index (χ1) is 10.2. The molecule has 106 valence electrons. The first-order valence-corrected chi connectivity index (χ1v) is 7.26. The van der Waals surface area contributed by atoms with Crippen molar-refractivity contribution >= 4 is 28.9 Å². The van der Waals surface area contributed by atoms with Gasteiger partial charge in [0.25, 0.3) is 0 Å². The summed E-state index contributed by atoms with van der Waals surface area (Å²) in [7, 11) is 0. The van der Waals surface area contributed by atoms with Gasteiger partial charge in [0.1, 0.15) is 0 Å². The van der Waals surface area contributed by atoms with Crippen LogP contribution in [0.2, 0.25) is 10.0 Å². The zero-order chi connectivity index (χ0) is 14.7. The third-order valence-corrected chi connectivity index (χ3v) is 3.55. The van der Waals surface area contributed by atoms with Crippen LogP contribution in [0.3, 0.4) is 0 Å². The summed E-state index contributed by atoms with van der Waals surface area (Å²) in [6, 6.07) is 15.3. The lowest BCUT2D eigenvalue weighted by atomic mass is 10.2. The van der Waals surface area contributed by atoms with Crippen molar-refractivity contribution in [2.45, 2.75) is 6.54 Å². The molecule has 0 unspecified atom stereocenters. The van der Waals surface area contributed by atoms with E-state index in [1.807, 2.05) is 54.7 Å². The van der Waals surface area contributed by atoms with Crippen LogP contribution in [0.1, 0.15) is 5.56 Å². The van der Waals surface area contributed by atoms with Crippen LogP contribution in [0, 0.1) is 0 Å². The number of aromatic nitrogens is 2. The van der Waals surface area contributed by atoms with Crippen LogP contribution in [-0.4, -0.2) is 9.78 Å². The van der Waals surface area contributed by atoms with E-state index >= 15 is 0 Å². The number of nitrogens with zero attached hydrogens (tertiary/aromatic N) is 2. The monoisotopic (exact) mass is 317 g/mol. The van der Waals surface area contributed by atoms with Gasteiger partial charge in [0.2, 0.25) is 0 Å². The molecule has 0 atom stereocenters. The molecule has 1 heterocycles. The van der Waals surface area contributed by atoms with Gasteiger partial charge < -0.3 is 5.32 Å². The first kappa shape index (κ1) is 14.0. The van der Waals surface area contributed by atoms with Crippen LogP contribution in [0.4, 0.5) is 5.69 Å². The minimum absolute atomic E-state index is 0.662. The van der Waals surface area contributed by atoms with Crippen molar-refractivity contribution in [1.82, 2.24) is 9.78 Å². The van der Waals surface area contributed by atoms with Crippen molar-refractivity contribution in [3.8, 4) is 5.69 Å². The molecule has 0 aliphatic heterocycles. The van der Waals surface area contributed by atoms with Gasteiger partial charge >= 0.3 is 0 Å². The molecule has 0 bridgehead atoms. The molecule has 0 spiro atoms. The molecule has 0 aliphatic carbocycles. The van der Waals surface area contributed by atoms with Crippen molar-refractivity contribution in [2.24, 2.45) is 0 Å². The number of nitrogens with one attached hydrogen (secondary N) is 1.